The molecule has 22 heavy (non-hydrogen) atoms. The van der Waals surface area contributed by atoms with Gasteiger partial charge in [-0.15, -0.1) is 0 Å². The normalized spacial score (nSPS) is 13.9. The van der Waals surface area contributed by atoms with E-state index in [0.717, 1.165) is 30.0 Å². The fourth-order valence-electron chi connectivity index (χ4n) is 2.51. The van der Waals surface area contributed by atoms with Crippen molar-refractivity contribution in [1.29, 1.82) is 0 Å². The fourth-order valence-corrected chi connectivity index (χ4v) is 2.51. The van der Waals surface area contributed by atoms with Crippen LogP contribution in [-0.4, -0.2) is 39.7 Å². The molecule has 7 nitrogen and oxygen atoms in total. The van der Waals surface area contributed by atoms with Gasteiger partial charge in [-0.25, -0.2) is 19.9 Å². The highest BCUT2D eigenvalue weighted by Gasteiger charge is 2.25. The summed E-state index contributed by atoms with van der Waals surface area (Å²) in [6.07, 6.45) is 5.72. The average molecular weight is 301 g/mol. The van der Waals surface area contributed by atoms with Crippen LogP contribution in [0.2, 0.25) is 0 Å². The van der Waals surface area contributed by atoms with Crippen molar-refractivity contribution in [1.82, 2.24) is 19.9 Å². The fraction of sp³-hybridized carbons (Fsp3) is 0.467. The van der Waals surface area contributed by atoms with Crippen molar-refractivity contribution in [3.05, 3.63) is 30.0 Å². The average Bonchev–Trinajstić information content (AvgIpc) is 2.54. The summed E-state index contributed by atoms with van der Waals surface area (Å²) in [6, 6.07) is 0. The molecule has 0 amide bonds. The molecule has 0 unspecified atom stereocenters. The molecule has 2 aromatic rings. The zero-order valence-corrected chi connectivity index (χ0v) is 13.0. The van der Waals surface area contributed by atoms with E-state index in [9.17, 15) is 0 Å². The third-order valence-electron chi connectivity index (χ3n) is 3.45. The third-order valence-corrected chi connectivity index (χ3v) is 3.45. The summed E-state index contributed by atoms with van der Waals surface area (Å²) in [7, 11) is 1.62. The van der Waals surface area contributed by atoms with Crippen molar-refractivity contribution < 1.29 is 9.47 Å². The van der Waals surface area contributed by atoms with Gasteiger partial charge >= 0.3 is 0 Å². The highest BCUT2D eigenvalue weighted by atomic mass is 16.5. The van der Waals surface area contributed by atoms with Gasteiger partial charge < -0.3 is 14.4 Å². The van der Waals surface area contributed by atoms with Crippen LogP contribution in [0.4, 0.5) is 5.82 Å². The minimum absolute atomic E-state index is 0.0467. The summed E-state index contributed by atoms with van der Waals surface area (Å²) in [4.78, 5) is 19.4. The van der Waals surface area contributed by atoms with E-state index in [1.165, 1.54) is 0 Å². The highest BCUT2D eigenvalue weighted by molar-refractivity contribution is 5.51. The molecule has 3 heterocycles. The van der Waals surface area contributed by atoms with E-state index in [0.29, 0.717) is 18.3 Å². The van der Waals surface area contributed by atoms with Crippen LogP contribution < -0.4 is 14.4 Å². The SMILES string of the molecule is COc1ncnc2c1CN(c1nccnc1OC(C)C)CC2. The summed E-state index contributed by atoms with van der Waals surface area (Å²) in [5, 5.41) is 0. The van der Waals surface area contributed by atoms with Crippen molar-refractivity contribution in [2.24, 2.45) is 0 Å². The standard InChI is InChI=1S/C15H19N5O2/c1-10(2)22-15-13(16-5-6-17-15)20-7-4-12-11(8-20)14(21-3)19-9-18-12/h5-6,9-10H,4,7-8H2,1-3H3. The van der Waals surface area contributed by atoms with Crippen LogP contribution in [0, 0.1) is 0 Å². The quantitative estimate of drug-likeness (QED) is 0.849. The predicted molar refractivity (Wildman–Crippen MR) is 81.1 cm³/mol. The van der Waals surface area contributed by atoms with Crippen LogP contribution in [0.15, 0.2) is 18.7 Å². The minimum Gasteiger partial charge on any atom is -0.481 e. The lowest BCUT2D eigenvalue weighted by Crippen LogP contribution is -2.33. The zero-order chi connectivity index (χ0) is 15.5. The Kier molecular flexibility index (Phi) is 4.04. The number of hydrogen-bond acceptors (Lipinski definition) is 7. The number of nitrogens with zero attached hydrogens (tertiary/aromatic N) is 5. The van der Waals surface area contributed by atoms with Crippen LogP contribution in [-0.2, 0) is 13.0 Å². The Morgan fingerprint density at radius 3 is 2.68 bits per heavy atom. The van der Waals surface area contributed by atoms with Crippen molar-refractivity contribution in [3.8, 4) is 11.8 Å². The van der Waals surface area contributed by atoms with Crippen LogP contribution in [0.25, 0.3) is 0 Å². The number of hydrogen-bond donors (Lipinski definition) is 0. The molecule has 1 aliphatic rings. The molecule has 0 atom stereocenters. The summed E-state index contributed by atoms with van der Waals surface area (Å²) >= 11 is 0. The molecule has 0 aromatic carbocycles. The Morgan fingerprint density at radius 1 is 1.09 bits per heavy atom. The summed E-state index contributed by atoms with van der Waals surface area (Å²) in [5.74, 6) is 1.91. The summed E-state index contributed by atoms with van der Waals surface area (Å²) < 4.78 is 11.1. The predicted octanol–water partition coefficient (Wildman–Crippen LogP) is 1.63. The van der Waals surface area contributed by atoms with Crippen LogP contribution >= 0.6 is 0 Å². The van der Waals surface area contributed by atoms with Gasteiger partial charge in [0, 0.05) is 25.4 Å². The molecular weight excluding hydrogens is 282 g/mol. The lowest BCUT2D eigenvalue weighted by molar-refractivity contribution is 0.232. The lowest BCUT2D eigenvalue weighted by atomic mass is 10.1. The maximum atomic E-state index is 5.77. The first-order chi connectivity index (χ1) is 10.7. The van der Waals surface area contributed by atoms with Gasteiger partial charge in [0.2, 0.25) is 5.88 Å². The van der Waals surface area contributed by atoms with Gasteiger partial charge in [0.1, 0.15) is 6.33 Å². The lowest BCUT2D eigenvalue weighted by Gasteiger charge is -2.30. The van der Waals surface area contributed by atoms with E-state index >= 15 is 0 Å². The second-order valence-electron chi connectivity index (χ2n) is 5.33. The molecule has 0 aliphatic carbocycles. The Hall–Kier alpha value is -2.44. The van der Waals surface area contributed by atoms with Gasteiger partial charge in [-0.3, -0.25) is 0 Å². The number of rotatable bonds is 4. The van der Waals surface area contributed by atoms with E-state index in [-0.39, 0.29) is 6.10 Å². The number of anilines is 1. The van der Waals surface area contributed by atoms with Crippen LogP contribution in [0.1, 0.15) is 25.1 Å². The van der Waals surface area contributed by atoms with Crippen molar-refractivity contribution >= 4 is 5.82 Å². The Morgan fingerprint density at radius 2 is 1.91 bits per heavy atom. The van der Waals surface area contributed by atoms with Crippen molar-refractivity contribution in [3.63, 3.8) is 0 Å². The number of ether oxygens (including phenoxy) is 2. The molecule has 1 aliphatic heterocycles. The number of aromatic nitrogens is 4. The monoisotopic (exact) mass is 301 g/mol. The first-order valence-electron chi connectivity index (χ1n) is 7.28. The molecule has 0 radical (unpaired) electrons. The maximum absolute atomic E-state index is 5.77. The smallest absolute Gasteiger partial charge is 0.257 e. The largest absolute Gasteiger partial charge is 0.481 e. The number of methoxy groups -OCH3 is 1. The van der Waals surface area contributed by atoms with E-state index in [1.54, 1.807) is 25.8 Å². The van der Waals surface area contributed by atoms with Crippen LogP contribution in [0.5, 0.6) is 11.8 Å². The van der Waals surface area contributed by atoms with Gasteiger partial charge in [0.05, 0.1) is 31.0 Å². The molecule has 0 saturated carbocycles. The summed E-state index contributed by atoms with van der Waals surface area (Å²) in [6.45, 7) is 5.38. The topological polar surface area (TPSA) is 73.3 Å². The highest BCUT2D eigenvalue weighted by Crippen LogP contribution is 2.31. The Bertz CT molecular complexity index is 648. The van der Waals surface area contributed by atoms with Gasteiger partial charge in [-0.2, -0.15) is 0 Å². The minimum atomic E-state index is 0.0467. The molecule has 0 fully saturated rings. The Labute approximate surface area is 129 Å². The van der Waals surface area contributed by atoms with E-state index < -0.39 is 0 Å². The van der Waals surface area contributed by atoms with E-state index in [1.807, 2.05) is 13.8 Å². The second-order valence-corrected chi connectivity index (χ2v) is 5.33. The van der Waals surface area contributed by atoms with Gasteiger partial charge in [-0.05, 0) is 13.8 Å². The van der Waals surface area contributed by atoms with E-state index in [2.05, 4.69) is 24.8 Å². The van der Waals surface area contributed by atoms with Crippen molar-refractivity contribution in [2.45, 2.75) is 32.9 Å². The van der Waals surface area contributed by atoms with Crippen molar-refractivity contribution in [2.75, 3.05) is 18.6 Å². The molecule has 7 heteroatoms. The maximum Gasteiger partial charge on any atom is 0.257 e. The first kappa shape index (κ1) is 14.5. The van der Waals surface area contributed by atoms with Gasteiger partial charge in [0.15, 0.2) is 5.82 Å². The molecule has 0 N–H and O–H groups in total. The molecule has 0 bridgehead atoms. The molecular formula is C15H19N5O2. The molecule has 116 valence electrons. The van der Waals surface area contributed by atoms with Crippen LogP contribution in [0.3, 0.4) is 0 Å². The van der Waals surface area contributed by atoms with Gasteiger partial charge in [0.25, 0.3) is 5.88 Å². The molecule has 2 aromatic heterocycles. The number of fused-ring (bicyclic) bond motifs is 1. The third kappa shape index (κ3) is 2.79. The Balaban J connectivity index is 1.92. The molecule has 3 rings (SSSR count). The second kappa shape index (κ2) is 6.13. The molecule has 0 spiro atoms. The van der Waals surface area contributed by atoms with Gasteiger partial charge in [-0.1, -0.05) is 0 Å². The summed E-state index contributed by atoms with van der Waals surface area (Å²) in [5.41, 5.74) is 2.02. The van der Waals surface area contributed by atoms with E-state index in [4.69, 9.17) is 9.47 Å². The first-order valence-corrected chi connectivity index (χ1v) is 7.28. The molecule has 0 saturated heterocycles. The zero-order valence-electron chi connectivity index (χ0n) is 13.0.